The fourth-order valence-electron chi connectivity index (χ4n) is 2.77. The van der Waals surface area contributed by atoms with Crippen molar-refractivity contribution in [2.45, 2.75) is 29.5 Å². The van der Waals surface area contributed by atoms with Gasteiger partial charge < -0.3 is 10.0 Å². The Balaban J connectivity index is 1.83. The van der Waals surface area contributed by atoms with Crippen molar-refractivity contribution in [3.8, 4) is 0 Å². The molecule has 3 rings (SSSR count). The maximum Gasteiger partial charge on any atom is 0.312 e. The van der Waals surface area contributed by atoms with Crippen molar-refractivity contribution in [3.05, 3.63) is 17.5 Å². The van der Waals surface area contributed by atoms with Gasteiger partial charge in [-0.25, -0.2) is 8.51 Å². The molecular formula is C14H16N2O5S3. The smallest absolute Gasteiger partial charge is 0.312 e. The molecular weight excluding hydrogens is 372 g/mol. The van der Waals surface area contributed by atoms with E-state index in [1.165, 1.54) is 34.9 Å². The van der Waals surface area contributed by atoms with Crippen molar-refractivity contribution in [1.29, 1.82) is 0 Å². The van der Waals surface area contributed by atoms with Gasteiger partial charge in [-0.3, -0.25) is 14.4 Å². The number of nitrogens with zero attached hydrogens (tertiary/aromatic N) is 2. The fourth-order valence-corrected chi connectivity index (χ4v) is 6.60. The number of thiophene rings is 1. The number of carboxylic acids is 1. The molecule has 0 saturated carbocycles. The second-order valence-electron chi connectivity index (χ2n) is 6.00. The minimum absolute atomic E-state index is 0.104. The van der Waals surface area contributed by atoms with E-state index in [4.69, 9.17) is 0 Å². The normalized spacial score (nSPS) is 30.2. The molecule has 1 N–H and O–H groups in total. The number of carbonyl (C=O) groups excluding carboxylic acids is 2. The van der Waals surface area contributed by atoms with Crippen LogP contribution in [0.25, 0.3) is 0 Å². The first-order valence-electron chi connectivity index (χ1n) is 7.17. The van der Waals surface area contributed by atoms with E-state index in [9.17, 15) is 23.7 Å². The van der Waals surface area contributed by atoms with E-state index < -0.39 is 34.3 Å². The summed E-state index contributed by atoms with van der Waals surface area (Å²) in [5.74, 6) is -1.40. The number of β-lactam (4-membered cyclic amide) rings is 1. The molecule has 2 aliphatic heterocycles. The number of thioether (sulfide) groups is 1. The molecule has 0 spiro atoms. The van der Waals surface area contributed by atoms with Gasteiger partial charge >= 0.3 is 5.97 Å². The van der Waals surface area contributed by atoms with E-state index in [-0.39, 0.29) is 17.8 Å². The highest BCUT2D eigenvalue weighted by Crippen LogP contribution is 2.44. The predicted molar refractivity (Wildman–Crippen MR) is 90.7 cm³/mol. The quantitative estimate of drug-likeness (QED) is 0.773. The van der Waals surface area contributed by atoms with Crippen LogP contribution in [-0.2, 0) is 25.4 Å². The largest absolute Gasteiger partial charge is 0.481 e. The lowest BCUT2D eigenvalue weighted by atomic mass is 9.89. The van der Waals surface area contributed by atoms with Gasteiger partial charge in [0.15, 0.2) is 17.0 Å². The van der Waals surface area contributed by atoms with Gasteiger partial charge in [0.25, 0.3) is 5.91 Å². The average Bonchev–Trinajstić information content (AvgIpc) is 3.06. The lowest BCUT2D eigenvalue weighted by Gasteiger charge is -2.55. The number of aliphatic carboxylic acids is 1. The topological polar surface area (TPSA) is 95.0 Å². The number of carbonyl (C=O) groups is 3. The van der Waals surface area contributed by atoms with Gasteiger partial charge in [0, 0.05) is 19.2 Å². The minimum Gasteiger partial charge on any atom is -0.481 e. The molecule has 1 aromatic rings. The number of hydrogen-bond acceptors (Lipinski definition) is 6. The summed E-state index contributed by atoms with van der Waals surface area (Å²) < 4.78 is 14.3. The average molecular weight is 388 g/mol. The molecule has 0 bridgehead atoms. The first-order chi connectivity index (χ1) is 11.3. The second kappa shape index (κ2) is 6.16. The summed E-state index contributed by atoms with van der Waals surface area (Å²) in [6.07, 6.45) is 0. The third-order valence-corrected chi connectivity index (χ3v) is 8.49. The molecule has 4 atom stereocenters. The predicted octanol–water partition coefficient (Wildman–Crippen LogP) is 0.994. The highest BCUT2D eigenvalue weighted by Gasteiger charge is 2.59. The summed E-state index contributed by atoms with van der Waals surface area (Å²) in [6.45, 7) is 2.99. The third kappa shape index (κ3) is 2.66. The van der Waals surface area contributed by atoms with Crippen LogP contribution in [0, 0.1) is 5.41 Å². The molecule has 2 saturated heterocycles. The SMILES string of the molecule is CC(=O)N(C1C(=O)N2CC(C)(C(=O)O)CS[C@H]12)S(=O)c1cccs1. The molecule has 3 heterocycles. The molecule has 7 nitrogen and oxygen atoms in total. The monoisotopic (exact) mass is 388 g/mol. The number of rotatable bonds is 4. The summed E-state index contributed by atoms with van der Waals surface area (Å²) in [7, 11) is -1.74. The summed E-state index contributed by atoms with van der Waals surface area (Å²) in [5.41, 5.74) is -1.00. The van der Waals surface area contributed by atoms with Gasteiger partial charge in [-0.1, -0.05) is 6.07 Å². The van der Waals surface area contributed by atoms with Crippen LogP contribution in [-0.4, -0.2) is 60.0 Å². The van der Waals surface area contributed by atoms with E-state index in [0.29, 0.717) is 9.96 Å². The number of carboxylic acid groups (broad SMARTS) is 1. The second-order valence-corrected chi connectivity index (χ2v) is 9.65. The summed E-state index contributed by atoms with van der Waals surface area (Å²) in [4.78, 5) is 37.4. The summed E-state index contributed by atoms with van der Waals surface area (Å²) in [5, 5.41) is 10.7. The number of amides is 2. The maximum atomic E-state index is 12.7. The molecule has 10 heteroatoms. The highest BCUT2D eigenvalue weighted by atomic mass is 32.2. The summed E-state index contributed by atoms with van der Waals surface area (Å²) >= 11 is 2.58. The molecule has 1 aromatic heterocycles. The molecule has 0 radical (unpaired) electrons. The Morgan fingerprint density at radius 2 is 2.21 bits per heavy atom. The van der Waals surface area contributed by atoms with Crippen molar-refractivity contribution < 1.29 is 23.7 Å². The van der Waals surface area contributed by atoms with Gasteiger partial charge in [0.05, 0.1) is 5.41 Å². The maximum absolute atomic E-state index is 12.7. The van der Waals surface area contributed by atoms with Crippen LogP contribution < -0.4 is 0 Å². The lowest BCUT2D eigenvalue weighted by molar-refractivity contribution is -0.161. The zero-order valence-corrected chi connectivity index (χ0v) is 15.4. The Hall–Kier alpha value is -1.39. The van der Waals surface area contributed by atoms with Crippen LogP contribution in [0.2, 0.25) is 0 Å². The third-order valence-electron chi connectivity index (χ3n) is 4.13. The van der Waals surface area contributed by atoms with Crippen molar-refractivity contribution in [2.75, 3.05) is 12.3 Å². The lowest BCUT2D eigenvalue weighted by Crippen LogP contribution is -2.73. The van der Waals surface area contributed by atoms with Crippen molar-refractivity contribution >= 4 is 51.9 Å². The van der Waals surface area contributed by atoms with Crippen LogP contribution in [0.1, 0.15) is 13.8 Å². The van der Waals surface area contributed by atoms with E-state index in [2.05, 4.69) is 0 Å². The molecule has 2 aliphatic rings. The van der Waals surface area contributed by atoms with Gasteiger partial charge in [-0.05, 0) is 18.4 Å². The van der Waals surface area contributed by atoms with E-state index in [1.807, 2.05) is 0 Å². The standard InChI is InChI=1S/C14H16N2O5S3/c1-8(17)16(24(21)9-4-3-5-22-9)10-11(18)15-6-14(2,13(19)20)7-23-12(10)15/h3-5,10,12H,6-7H2,1-2H3,(H,19,20)/t10?,12-,14?,24?/m1/s1. The Kier molecular flexibility index (Phi) is 4.47. The molecule has 24 heavy (non-hydrogen) atoms. The minimum atomic E-state index is -1.74. The molecule has 3 unspecified atom stereocenters. The zero-order chi connectivity index (χ0) is 17.6. The Bertz CT molecular complexity index is 722. The van der Waals surface area contributed by atoms with Gasteiger partial charge in [-0.2, -0.15) is 0 Å². The van der Waals surface area contributed by atoms with Crippen LogP contribution in [0.4, 0.5) is 0 Å². The summed E-state index contributed by atoms with van der Waals surface area (Å²) in [6, 6.07) is 2.58. The van der Waals surface area contributed by atoms with Crippen molar-refractivity contribution in [1.82, 2.24) is 9.21 Å². The Labute approximate surface area is 149 Å². The number of hydrogen-bond donors (Lipinski definition) is 1. The molecule has 0 aliphatic carbocycles. The van der Waals surface area contributed by atoms with Crippen LogP contribution in [0.15, 0.2) is 21.7 Å². The van der Waals surface area contributed by atoms with Crippen LogP contribution in [0.3, 0.4) is 0 Å². The van der Waals surface area contributed by atoms with Gasteiger partial charge in [0.1, 0.15) is 9.58 Å². The Morgan fingerprint density at radius 3 is 2.75 bits per heavy atom. The zero-order valence-electron chi connectivity index (χ0n) is 13.0. The van der Waals surface area contributed by atoms with Crippen molar-refractivity contribution in [3.63, 3.8) is 0 Å². The van der Waals surface area contributed by atoms with Crippen LogP contribution in [0.5, 0.6) is 0 Å². The Morgan fingerprint density at radius 1 is 1.50 bits per heavy atom. The molecule has 130 valence electrons. The molecule has 2 amide bonds. The number of fused-ring (bicyclic) bond motifs is 1. The highest BCUT2D eigenvalue weighted by molar-refractivity contribution is 8.00. The van der Waals surface area contributed by atoms with Crippen molar-refractivity contribution in [2.24, 2.45) is 5.41 Å². The molecule has 0 aromatic carbocycles. The van der Waals surface area contributed by atoms with E-state index in [1.54, 1.807) is 24.4 Å². The van der Waals surface area contributed by atoms with Gasteiger partial charge in [-0.15, -0.1) is 23.1 Å². The van der Waals surface area contributed by atoms with E-state index in [0.717, 1.165) is 4.31 Å². The first kappa shape index (κ1) is 17.4. The first-order valence-corrected chi connectivity index (χ1v) is 10.2. The van der Waals surface area contributed by atoms with E-state index >= 15 is 0 Å². The molecule has 2 fully saturated rings. The fraction of sp³-hybridized carbons (Fsp3) is 0.500. The van der Waals surface area contributed by atoms with Crippen LogP contribution >= 0.6 is 23.1 Å². The van der Waals surface area contributed by atoms with Gasteiger partial charge in [0.2, 0.25) is 5.91 Å².